The van der Waals surface area contributed by atoms with Gasteiger partial charge in [-0.05, 0) is 40.1 Å². The minimum absolute atomic E-state index is 0.380. The Bertz CT molecular complexity index is 380. The molecule has 3 nitrogen and oxygen atoms in total. The first-order valence-electron chi connectivity index (χ1n) is 7.08. The maximum Gasteiger partial charge on any atom is 0.494 e. The third-order valence-corrected chi connectivity index (χ3v) is 3.56. The summed E-state index contributed by atoms with van der Waals surface area (Å²) in [4.78, 5) is 10.8. The molecular weight excluding hydrogens is 251 g/mol. The Hall–Kier alpha value is -1.13. The zero-order valence-corrected chi connectivity index (χ0v) is 13.8. The fourth-order valence-corrected chi connectivity index (χ4v) is 1.60. The van der Waals surface area contributed by atoms with Gasteiger partial charge in [0.15, 0.2) is 0 Å². The highest BCUT2D eigenvalue weighted by atomic mass is 16.7. The van der Waals surface area contributed by atoms with Crippen molar-refractivity contribution in [2.45, 2.75) is 59.7 Å². The predicted octanol–water partition coefficient (Wildman–Crippen LogP) is 3.90. The molecule has 1 heterocycles. The fraction of sp³-hybridized carbons (Fsp3) is 0.562. The Morgan fingerprint density at radius 3 is 1.85 bits per heavy atom. The SMILES string of the molecule is C=C/C(C=O)=C\C(=C/C)B1OC(C)(C)C(C)(C)O1.CC. The van der Waals surface area contributed by atoms with Gasteiger partial charge in [0.05, 0.1) is 11.2 Å². The van der Waals surface area contributed by atoms with E-state index in [2.05, 4.69) is 6.58 Å². The van der Waals surface area contributed by atoms with E-state index in [0.29, 0.717) is 5.57 Å². The minimum Gasteiger partial charge on any atom is -0.399 e. The highest BCUT2D eigenvalue weighted by Crippen LogP contribution is 2.38. The van der Waals surface area contributed by atoms with Crippen molar-refractivity contribution in [3.05, 3.63) is 35.9 Å². The lowest BCUT2D eigenvalue weighted by Crippen LogP contribution is -2.41. The topological polar surface area (TPSA) is 35.5 Å². The molecular formula is C16H27BO3. The first kappa shape index (κ1) is 18.9. The predicted molar refractivity (Wildman–Crippen MR) is 85.5 cm³/mol. The number of carbonyl (C=O) groups excluding carboxylic acids is 1. The molecule has 0 aliphatic carbocycles. The zero-order valence-electron chi connectivity index (χ0n) is 13.8. The van der Waals surface area contributed by atoms with Gasteiger partial charge in [0.25, 0.3) is 0 Å². The summed E-state index contributed by atoms with van der Waals surface area (Å²) >= 11 is 0. The van der Waals surface area contributed by atoms with Crippen LogP contribution < -0.4 is 0 Å². The van der Waals surface area contributed by atoms with Gasteiger partial charge < -0.3 is 9.31 Å². The molecule has 4 heteroatoms. The van der Waals surface area contributed by atoms with E-state index in [1.54, 1.807) is 6.08 Å². The van der Waals surface area contributed by atoms with Gasteiger partial charge in [-0.25, -0.2) is 0 Å². The van der Waals surface area contributed by atoms with Crippen molar-refractivity contribution >= 4 is 13.4 Å². The normalized spacial score (nSPS) is 21.1. The van der Waals surface area contributed by atoms with Crippen LogP contribution in [0.15, 0.2) is 35.9 Å². The van der Waals surface area contributed by atoms with E-state index in [0.717, 1.165) is 11.8 Å². The number of allylic oxidation sites excluding steroid dienone is 5. The lowest BCUT2D eigenvalue weighted by molar-refractivity contribution is -0.104. The summed E-state index contributed by atoms with van der Waals surface area (Å²) in [6, 6.07) is 0. The summed E-state index contributed by atoms with van der Waals surface area (Å²) in [7, 11) is -0.449. The van der Waals surface area contributed by atoms with Gasteiger partial charge in [-0.2, -0.15) is 0 Å². The Morgan fingerprint density at radius 2 is 1.55 bits per heavy atom. The molecule has 0 unspecified atom stereocenters. The van der Waals surface area contributed by atoms with Crippen molar-refractivity contribution in [2.24, 2.45) is 0 Å². The fourth-order valence-electron chi connectivity index (χ4n) is 1.60. The third-order valence-electron chi connectivity index (χ3n) is 3.56. The largest absolute Gasteiger partial charge is 0.494 e. The van der Waals surface area contributed by atoms with Crippen LogP contribution in [0.2, 0.25) is 0 Å². The Kier molecular flexibility index (Phi) is 7.18. The van der Waals surface area contributed by atoms with E-state index in [1.165, 1.54) is 6.08 Å². The van der Waals surface area contributed by atoms with Crippen molar-refractivity contribution in [1.82, 2.24) is 0 Å². The average Bonchev–Trinajstić information content (AvgIpc) is 2.62. The standard InChI is InChI=1S/C14H21BO3.C2H6/c1-7-11(10-16)9-12(8-2)15-17-13(3,4)14(5,6)18-15;1-2/h7-10H,1H2,2-6H3;1-2H3/b11-9+,12-8+;. The van der Waals surface area contributed by atoms with Crippen LogP contribution in [0.5, 0.6) is 0 Å². The van der Waals surface area contributed by atoms with Gasteiger partial charge in [0, 0.05) is 5.57 Å². The van der Waals surface area contributed by atoms with Gasteiger partial charge >= 0.3 is 7.12 Å². The van der Waals surface area contributed by atoms with Gasteiger partial charge in [-0.1, -0.05) is 38.7 Å². The molecule has 112 valence electrons. The van der Waals surface area contributed by atoms with E-state index >= 15 is 0 Å². The smallest absolute Gasteiger partial charge is 0.399 e. The van der Waals surface area contributed by atoms with Crippen LogP contribution in [-0.2, 0) is 14.1 Å². The van der Waals surface area contributed by atoms with Crippen LogP contribution in [0, 0.1) is 0 Å². The Labute approximate surface area is 123 Å². The van der Waals surface area contributed by atoms with Gasteiger partial charge in [0.2, 0.25) is 0 Å². The molecule has 0 spiro atoms. The van der Waals surface area contributed by atoms with Crippen molar-refractivity contribution < 1.29 is 14.1 Å². The van der Waals surface area contributed by atoms with Crippen molar-refractivity contribution in [2.75, 3.05) is 0 Å². The van der Waals surface area contributed by atoms with Crippen molar-refractivity contribution in [3.63, 3.8) is 0 Å². The second-order valence-electron chi connectivity index (χ2n) is 5.34. The Morgan fingerprint density at radius 1 is 1.10 bits per heavy atom. The lowest BCUT2D eigenvalue weighted by Gasteiger charge is -2.32. The van der Waals surface area contributed by atoms with Crippen LogP contribution in [0.1, 0.15) is 48.5 Å². The summed E-state index contributed by atoms with van der Waals surface area (Å²) in [6.45, 7) is 17.5. The number of carbonyl (C=O) groups is 1. The van der Waals surface area contributed by atoms with E-state index in [-0.39, 0.29) is 11.2 Å². The first-order chi connectivity index (χ1) is 9.27. The third kappa shape index (κ3) is 4.19. The molecule has 1 saturated heterocycles. The number of aldehydes is 1. The summed E-state index contributed by atoms with van der Waals surface area (Å²) in [5, 5.41) is 0. The maximum atomic E-state index is 10.8. The monoisotopic (exact) mass is 278 g/mol. The van der Waals surface area contributed by atoms with Gasteiger partial charge in [0.1, 0.15) is 6.29 Å². The molecule has 0 saturated carbocycles. The van der Waals surface area contributed by atoms with Crippen molar-refractivity contribution in [1.29, 1.82) is 0 Å². The number of hydrogen-bond acceptors (Lipinski definition) is 3. The molecule has 1 aliphatic rings. The van der Waals surface area contributed by atoms with E-state index in [1.807, 2.05) is 54.5 Å². The Balaban J connectivity index is 0.00000172. The molecule has 20 heavy (non-hydrogen) atoms. The summed E-state index contributed by atoms with van der Waals surface area (Å²) < 4.78 is 11.8. The van der Waals surface area contributed by atoms with Crippen LogP contribution in [0.3, 0.4) is 0 Å². The van der Waals surface area contributed by atoms with E-state index < -0.39 is 7.12 Å². The van der Waals surface area contributed by atoms with Gasteiger partial charge in [-0.15, -0.1) is 0 Å². The van der Waals surface area contributed by atoms with Crippen LogP contribution in [0.25, 0.3) is 0 Å². The summed E-state index contributed by atoms with van der Waals surface area (Å²) in [5.74, 6) is 0. The van der Waals surface area contributed by atoms with E-state index in [9.17, 15) is 4.79 Å². The van der Waals surface area contributed by atoms with E-state index in [4.69, 9.17) is 9.31 Å². The molecule has 1 rings (SSSR count). The number of hydrogen-bond donors (Lipinski definition) is 0. The quantitative estimate of drug-likeness (QED) is 0.338. The maximum absolute atomic E-state index is 10.8. The second kappa shape index (κ2) is 7.60. The molecule has 0 N–H and O–H groups in total. The molecule has 0 aromatic heterocycles. The molecule has 0 aromatic rings. The first-order valence-corrected chi connectivity index (χ1v) is 7.08. The molecule has 1 aliphatic heterocycles. The molecule has 0 aromatic carbocycles. The second-order valence-corrected chi connectivity index (χ2v) is 5.34. The molecule has 0 atom stereocenters. The molecule has 1 fully saturated rings. The lowest BCUT2D eigenvalue weighted by atomic mass is 9.77. The van der Waals surface area contributed by atoms with Crippen LogP contribution in [-0.4, -0.2) is 24.6 Å². The molecule has 0 amide bonds. The van der Waals surface area contributed by atoms with Crippen LogP contribution in [0.4, 0.5) is 0 Å². The summed E-state index contributed by atoms with van der Waals surface area (Å²) in [5.41, 5.74) is 0.582. The average molecular weight is 278 g/mol. The summed E-state index contributed by atoms with van der Waals surface area (Å²) in [6.07, 6.45) is 5.90. The molecule has 0 bridgehead atoms. The van der Waals surface area contributed by atoms with Crippen molar-refractivity contribution in [3.8, 4) is 0 Å². The molecule has 0 radical (unpaired) electrons. The minimum atomic E-state index is -0.449. The zero-order chi connectivity index (χ0) is 16.0. The number of rotatable bonds is 4. The highest BCUT2D eigenvalue weighted by Gasteiger charge is 2.51. The highest BCUT2D eigenvalue weighted by molar-refractivity contribution is 6.55. The van der Waals surface area contributed by atoms with Gasteiger partial charge in [-0.3, -0.25) is 4.79 Å². The van der Waals surface area contributed by atoms with Crippen LogP contribution >= 0.6 is 0 Å².